The van der Waals surface area contributed by atoms with Gasteiger partial charge in [0.05, 0.1) is 5.56 Å². The summed E-state index contributed by atoms with van der Waals surface area (Å²) in [7, 11) is 0. The van der Waals surface area contributed by atoms with E-state index in [9.17, 15) is 0 Å². The van der Waals surface area contributed by atoms with Crippen LogP contribution in [0.3, 0.4) is 0 Å². The predicted octanol–water partition coefficient (Wildman–Crippen LogP) is 2.77. The smallest absolute Gasteiger partial charge is 0.100 e. The Morgan fingerprint density at radius 3 is 2.73 bits per heavy atom. The van der Waals surface area contributed by atoms with Crippen molar-refractivity contribution in [3.63, 3.8) is 0 Å². The first kappa shape index (κ1) is 12.1. The minimum absolute atomic E-state index is 0.490. The van der Waals surface area contributed by atoms with Crippen LogP contribution in [0, 0.1) is 17.2 Å². The Labute approximate surface area is 95.5 Å². The highest BCUT2D eigenvalue weighted by molar-refractivity contribution is 7.99. The monoisotopic (exact) mass is 220 g/mol. The first-order valence-electron chi connectivity index (χ1n) is 5.03. The van der Waals surface area contributed by atoms with Crippen LogP contribution in [0.15, 0.2) is 23.1 Å². The number of nitrogens with two attached hydrogens (primary N) is 1. The van der Waals surface area contributed by atoms with Gasteiger partial charge in [-0.15, -0.1) is 11.8 Å². The summed E-state index contributed by atoms with van der Waals surface area (Å²) in [6, 6.07) is 8.08. The van der Waals surface area contributed by atoms with Crippen LogP contribution in [0.4, 0.5) is 0 Å². The molecule has 0 radical (unpaired) electrons. The molecular formula is C12H16N2S. The van der Waals surface area contributed by atoms with E-state index in [4.69, 9.17) is 11.0 Å². The van der Waals surface area contributed by atoms with Gasteiger partial charge >= 0.3 is 0 Å². The number of nitriles is 1. The van der Waals surface area contributed by atoms with Gasteiger partial charge in [-0.2, -0.15) is 5.26 Å². The maximum atomic E-state index is 9.00. The van der Waals surface area contributed by atoms with Crippen molar-refractivity contribution in [3.05, 3.63) is 29.3 Å². The molecule has 1 rings (SSSR count). The van der Waals surface area contributed by atoms with E-state index >= 15 is 0 Å². The summed E-state index contributed by atoms with van der Waals surface area (Å²) in [4.78, 5) is 1.06. The molecule has 0 bridgehead atoms. The summed E-state index contributed by atoms with van der Waals surface area (Å²) in [5.74, 6) is 1.67. The normalized spacial score (nSPS) is 10.3. The van der Waals surface area contributed by atoms with Crippen LogP contribution < -0.4 is 5.73 Å². The Morgan fingerprint density at radius 2 is 2.20 bits per heavy atom. The first-order chi connectivity index (χ1) is 7.17. The quantitative estimate of drug-likeness (QED) is 0.794. The van der Waals surface area contributed by atoms with E-state index in [1.165, 1.54) is 0 Å². The number of benzene rings is 1. The zero-order valence-corrected chi connectivity index (χ0v) is 9.97. The van der Waals surface area contributed by atoms with E-state index in [2.05, 4.69) is 19.9 Å². The molecule has 0 unspecified atom stereocenters. The molecule has 0 aliphatic rings. The molecule has 80 valence electrons. The predicted molar refractivity (Wildman–Crippen MR) is 64.6 cm³/mol. The molecule has 0 amide bonds. The maximum Gasteiger partial charge on any atom is 0.100 e. The topological polar surface area (TPSA) is 49.8 Å². The lowest BCUT2D eigenvalue weighted by molar-refractivity contribution is 0.750. The fraction of sp³-hybridized carbons (Fsp3) is 0.417. The first-order valence-corrected chi connectivity index (χ1v) is 6.01. The van der Waals surface area contributed by atoms with Crippen molar-refractivity contribution in [2.24, 2.45) is 11.7 Å². The molecule has 0 fully saturated rings. The Morgan fingerprint density at radius 1 is 1.47 bits per heavy atom. The van der Waals surface area contributed by atoms with Crippen molar-refractivity contribution in [2.75, 3.05) is 5.75 Å². The molecule has 2 nitrogen and oxygen atoms in total. The van der Waals surface area contributed by atoms with E-state index in [0.29, 0.717) is 12.5 Å². The van der Waals surface area contributed by atoms with Crippen LogP contribution in [0.25, 0.3) is 0 Å². The molecule has 0 heterocycles. The molecule has 0 saturated heterocycles. The molecule has 0 saturated carbocycles. The van der Waals surface area contributed by atoms with Crippen molar-refractivity contribution in [1.29, 1.82) is 5.26 Å². The maximum absolute atomic E-state index is 9.00. The second-order valence-electron chi connectivity index (χ2n) is 3.85. The number of rotatable bonds is 4. The Bertz CT molecular complexity index is 366. The molecular weight excluding hydrogens is 204 g/mol. The fourth-order valence-electron chi connectivity index (χ4n) is 1.17. The molecule has 0 aromatic heterocycles. The molecule has 0 aliphatic heterocycles. The summed E-state index contributed by atoms with van der Waals surface area (Å²) in [6.07, 6.45) is 0. The highest BCUT2D eigenvalue weighted by atomic mass is 32.2. The third-order valence-corrected chi connectivity index (χ3v) is 3.47. The van der Waals surface area contributed by atoms with Gasteiger partial charge in [-0.05, 0) is 23.6 Å². The Balaban J connectivity index is 2.84. The van der Waals surface area contributed by atoms with Crippen LogP contribution >= 0.6 is 11.8 Å². The molecule has 0 spiro atoms. The van der Waals surface area contributed by atoms with Gasteiger partial charge in [0.1, 0.15) is 6.07 Å². The van der Waals surface area contributed by atoms with Gasteiger partial charge in [0, 0.05) is 17.2 Å². The van der Waals surface area contributed by atoms with Crippen molar-refractivity contribution < 1.29 is 0 Å². The van der Waals surface area contributed by atoms with Crippen molar-refractivity contribution in [1.82, 2.24) is 0 Å². The van der Waals surface area contributed by atoms with Crippen molar-refractivity contribution in [3.8, 4) is 6.07 Å². The van der Waals surface area contributed by atoms with Gasteiger partial charge in [0.25, 0.3) is 0 Å². The van der Waals surface area contributed by atoms with Gasteiger partial charge in [-0.25, -0.2) is 0 Å². The zero-order valence-electron chi connectivity index (χ0n) is 9.16. The Hall–Kier alpha value is -0.980. The standard InChI is InChI=1S/C12H16N2S/c1-9(2)8-15-12-4-3-10(6-13)5-11(12)7-14/h3-5,9H,6,8,13H2,1-2H3. The average Bonchev–Trinajstić information content (AvgIpc) is 2.25. The minimum atomic E-state index is 0.490. The van der Waals surface area contributed by atoms with E-state index in [0.717, 1.165) is 21.8 Å². The summed E-state index contributed by atoms with van der Waals surface area (Å²) in [5, 5.41) is 9.00. The lowest BCUT2D eigenvalue weighted by Gasteiger charge is -2.07. The van der Waals surface area contributed by atoms with Crippen LogP contribution in [-0.2, 0) is 6.54 Å². The highest BCUT2D eigenvalue weighted by Crippen LogP contribution is 2.25. The molecule has 15 heavy (non-hydrogen) atoms. The van der Waals surface area contributed by atoms with Crippen LogP contribution in [0.5, 0.6) is 0 Å². The van der Waals surface area contributed by atoms with E-state index in [1.54, 1.807) is 11.8 Å². The molecule has 0 atom stereocenters. The molecule has 1 aromatic carbocycles. The number of hydrogen-bond acceptors (Lipinski definition) is 3. The Kier molecular flexibility index (Phi) is 4.67. The van der Waals surface area contributed by atoms with E-state index in [-0.39, 0.29) is 0 Å². The molecule has 2 N–H and O–H groups in total. The largest absolute Gasteiger partial charge is 0.326 e. The van der Waals surface area contributed by atoms with Crippen LogP contribution in [-0.4, -0.2) is 5.75 Å². The van der Waals surface area contributed by atoms with Gasteiger partial charge in [-0.3, -0.25) is 0 Å². The van der Waals surface area contributed by atoms with Crippen LogP contribution in [0.2, 0.25) is 0 Å². The summed E-state index contributed by atoms with van der Waals surface area (Å²) in [6.45, 7) is 4.84. The zero-order chi connectivity index (χ0) is 11.3. The van der Waals surface area contributed by atoms with E-state index < -0.39 is 0 Å². The number of nitrogens with zero attached hydrogens (tertiary/aromatic N) is 1. The van der Waals surface area contributed by atoms with Crippen LogP contribution in [0.1, 0.15) is 25.0 Å². The summed E-state index contributed by atoms with van der Waals surface area (Å²) < 4.78 is 0. The van der Waals surface area contributed by atoms with E-state index in [1.807, 2.05) is 18.2 Å². The fourth-order valence-corrected chi connectivity index (χ4v) is 2.11. The van der Waals surface area contributed by atoms with Gasteiger partial charge in [0.2, 0.25) is 0 Å². The van der Waals surface area contributed by atoms with Gasteiger partial charge in [-0.1, -0.05) is 19.9 Å². The lowest BCUT2D eigenvalue weighted by atomic mass is 10.1. The second kappa shape index (κ2) is 5.79. The molecule has 1 aromatic rings. The third kappa shape index (κ3) is 3.58. The summed E-state index contributed by atoms with van der Waals surface area (Å²) in [5.41, 5.74) is 7.28. The lowest BCUT2D eigenvalue weighted by Crippen LogP contribution is -1.98. The third-order valence-electron chi connectivity index (χ3n) is 1.97. The average molecular weight is 220 g/mol. The highest BCUT2D eigenvalue weighted by Gasteiger charge is 2.04. The second-order valence-corrected chi connectivity index (χ2v) is 4.91. The SMILES string of the molecule is CC(C)CSc1ccc(CN)cc1C#N. The molecule has 0 aliphatic carbocycles. The summed E-state index contributed by atoms with van der Waals surface area (Å²) >= 11 is 1.74. The van der Waals surface area contributed by atoms with Crippen molar-refractivity contribution in [2.45, 2.75) is 25.3 Å². The van der Waals surface area contributed by atoms with Crippen molar-refractivity contribution >= 4 is 11.8 Å². The van der Waals surface area contributed by atoms with Gasteiger partial charge < -0.3 is 5.73 Å². The molecule has 3 heteroatoms. The number of hydrogen-bond donors (Lipinski definition) is 1. The number of thioether (sulfide) groups is 1. The minimum Gasteiger partial charge on any atom is -0.326 e. The van der Waals surface area contributed by atoms with Gasteiger partial charge in [0.15, 0.2) is 0 Å².